The van der Waals surface area contributed by atoms with Crippen LogP contribution < -0.4 is 16.0 Å². The molecule has 290 valence electrons. The van der Waals surface area contributed by atoms with Gasteiger partial charge in [-0.3, -0.25) is 14.7 Å². The van der Waals surface area contributed by atoms with Crippen molar-refractivity contribution in [2.24, 2.45) is 10.9 Å². The van der Waals surface area contributed by atoms with E-state index in [-0.39, 0.29) is 18.0 Å². The van der Waals surface area contributed by atoms with Gasteiger partial charge in [-0.1, -0.05) is 57.9 Å². The number of allylic oxidation sites excluding steroid dienone is 2. The van der Waals surface area contributed by atoms with Crippen LogP contribution in [-0.2, 0) is 16.0 Å². The smallest absolute Gasteiger partial charge is 0.407 e. The molecule has 10 nitrogen and oxygen atoms in total. The molecular formula is C43H64N6O4. The van der Waals surface area contributed by atoms with Crippen LogP contribution in [0.15, 0.2) is 76.6 Å². The number of amides is 2. The van der Waals surface area contributed by atoms with Crippen molar-refractivity contribution < 1.29 is 19.1 Å². The Hall–Kier alpha value is -4.28. The van der Waals surface area contributed by atoms with Gasteiger partial charge < -0.3 is 25.4 Å². The molecule has 3 N–H and O–H groups in total. The van der Waals surface area contributed by atoms with Crippen molar-refractivity contribution in [1.29, 1.82) is 0 Å². The third-order valence-corrected chi connectivity index (χ3v) is 8.90. The zero-order chi connectivity index (χ0) is 39.0. The quantitative estimate of drug-likeness (QED) is 0.176. The van der Waals surface area contributed by atoms with Crippen LogP contribution in [0, 0.1) is 5.92 Å². The Morgan fingerprint density at radius 3 is 2.40 bits per heavy atom. The summed E-state index contributed by atoms with van der Waals surface area (Å²) in [5.74, 6) is 0.995. The van der Waals surface area contributed by atoms with Gasteiger partial charge in [-0.25, -0.2) is 9.79 Å². The largest absolute Gasteiger partial charge is 0.444 e. The van der Waals surface area contributed by atoms with Crippen LogP contribution in [0.5, 0.6) is 0 Å². The van der Waals surface area contributed by atoms with E-state index in [9.17, 15) is 9.59 Å². The van der Waals surface area contributed by atoms with Gasteiger partial charge in [0.25, 0.3) is 5.91 Å². The second-order valence-corrected chi connectivity index (χ2v) is 15.2. The molecule has 1 saturated heterocycles. The summed E-state index contributed by atoms with van der Waals surface area (Å²) in [6.07, 6.45) is 10.5. The van der Waals surface area contributed by atoms with E-state index >= 15 is 0 Å². The highest BCUT2D eigenvalue weighted by Gasteiger charge is 2.25. The molecule has 10 heteroatoms. The van der Waals surface area contributed by atoms with Crippen LogP contribution in [-0.4, -0.2) is 65.7 Å². The van der Waals surface area contributed by atoms with E-state index in [1.165, 1.54) is 11.1 Å². The summed E-state index contributed by atoms with van der Waals surface area (Å²) in [7, 11) is 0. The van der Waals surface area contributed by atoms with Crippen molar-refractivity contribution in [3.05, 3.63) is 88.4 Å². The predicted molar refractivity (Wildman–Crippen MR) is 218 cm³/mol. The number of hydrogen-bond donors (Lipinski definition) is 3. The lowest BCUT2D eigenvalue weighted by atomic mass is 9.98. The highest BCUT2D eigenvalue weighted by atomic mass is 16.6. The zero-order valence-electron chi connectivity index (χ0n) is 33.9. The van der Waals surface area contributed by atoms with Crippen LogP contribution in [0.4, 0.5) is 10.5 Å². The highest BCUT2D eigenvalue weighted by Crippen LogP contribution is 2.27. The Kier molecular flexibility index (Phi) is 17.4. The summed E-state index contributed by atoms with van der Waals surface area (Å²) in [6.45, 7) is 24.7. The van der Waals surface area contributed by atoms with Crippen molar-refractivity contribution in [3.8, 4) is 0 Å². The first kappa shape index (κ1) is 43.1. The second-order valence-electron chi connectivity index (χ2n) is 15.2. The molecule has 0 radical (unpaired) electrons. The number of aromatic nitrogens is 1. The molecule has 1 aromatic heterocycles. The van der Waals surface area contributed by atoms with Crippen LogP contribution in [0.2, 0.25) is 0 Å². The van der Waals surface area contributed by atoms with E-state index in [0.717, 1.165) is 86.6 Å². The molecule has 2 aliphatic rings. The van der Waals surface area contributed by atoms with Gasteiger partial charge in [0.05, 0.1) is 0 Å². The number of pyridine rings is 1. The van der Waals surface area contributed by atoms with Crippen molar-refractivity contribution in [2.45, 2.75) is 120 Å². The van der Waals surface area contributed by atoms with Crippen LogP contribution in [0.1, 0.15) is 123 Å². The number of nitrogens with one attached hydrogen (secondary N) is 3. The number of anilines is 1. The molecule has 1 unspecified atom stereocenters. The Morgan fingerprint density at radius 2 is 1.77 bits per heavy atom. The maximum Gasteiger partial charge on any atom is 0.407 e. The number of benzene rings is 1. The van der Waals surface area contributed by atoms with Gasteiger partial charge in [-0.2, -0.15) is 0 Å². The number of carbonyl (C=O) groups is 2. The lowest BCUT2D eigenvalue weighted by Crippen LogP contribution is -2.48. The van der Waals surface area contributed by atoms with Crippen molar-refractivity contribution >= 4 is 29.2 Å². The van der Waals surface area contributed by atoms with Gasteiger partial charge in [0.2, 0.25) is 0 Å². The minimum absolute atomic E-state index is 0.0224. The molecule has 1 fully saturated rings. The summed E-state index contributed by atoms with van der Waals surface area (Å²) in [5, 5.41) is 9.48. The number of rotatable bonds is 13. The molecular weight excluding hydrogens is 665 g/mol. The summed E-state index contributed by atoms with van der Waals surface area (Å²) in [5.41, 5.74) is 7.12. The molecule has 1 aromatic carbocycles. The van der Waals surface area contributed by atoms with Crippen molar-refractivity contribution in [1.82, 2.24) is 20.5 Å². The average molecular weight is 729 g/mol. The minimum atomic E-state index is -0.530. The maximum absolute atomic E-state index is 13.2. The molecule has 0 saturated carbocycles. The molecule has 0 spiro atoms. The Balaban J connectivity index is 0.000000980. The van der Waals surface area contributed by atoms with E-state index in [4.69, 9.17) is 14.5 Å². The average Bonchev–Trinajstić information content (AvgIpc) is 3.54. The third-order valence-electron chi connectivity index (χ3n) is 8.90. The molecule has 2 aromatic rings. The van der Waals surface area contributed by atoms with Crippen LogP contribution >= 0.6 is 0 Å². The van der Waals surface area contributed by atoms with Gasteiger partial charge in [-0.15, -0.1) is 0 Å². The number of likely N-dealkylation sites (tertiary alicyclic amines) is 1. The number of piperidine rings is 1. The molecule has 53 heavy (non-hydrogen) atoms. The molecule has 1 atom stereocenters. The monoisotopic (exact) mass is 728 g/mol. The van der Waals surface area contributed by atoms with Gasteiger partial charge in [0.1, 0.15) is 17.1 Å². The second kappa shape index (κ2) is 21.4. The summed E-state index contributed by atoms with van der Waals surface area (Å²) < 4.78 is 10.6. The van der Waals surface area contributed by atoms with Crippen LogP contribution in [0.25, 0.3) is 5.70 Å². The van der Waals surface area contributed by atoms with Crippen molar-refractivity contribution in [2.75, 3.05) is 31.6 Å². The Morgan fingerprint density at radius 1 is 1.08 bits per heavy atom. The number of amidine groups is 1. The van der Waals surface area contributed by atoms with E-state index in [1.54, 1.807) is 6.20 Å². The fourth-order valence-electron chi connectivity index (χ4n) is 5.64. The first-order chi connectivity index (χ1) is 25.2. The lowest BCUT2D eigenvalue weighted by Gasteiger charge is -2.33. The lowest BCUT2D eigenvalue weighted by molar-refractivity contribution is 0.0470. The summed E-state index contributed by atoms with van der Waals surface area (Å²) in [6, 6.07) is 11.6. The number of alkyl carbamates (subject to hydrolysis) is 1. The normalized spacial score (nSPS) is 18.2. The zero-order valence-corrected chi connectivity index (χ0v) is 33.9. The van der Waals surface area contributed by atoms with E-state index < -0.39 is 5.60 Å². The predicted octanol–water partition coefficient (Wildman–Crippen LogP) is 9.27. The van der Waals surface area contributed by atoms with Gasteiger partial charge in [-0.05, 0) is 121 Å². The first-order valence-electron chi connectivity index (χ1n) is 19.3. The molecule has 4 rings (SSSR count). The summed E-state index contributed by atoms with van der Waals surface area (Å²) in [4.78, 5) is 36.8. The molecule has 0 aliphatic carbocycles. The molecule has 2 amide bonds. The Bertz CT molecular complexity index is 1610. The SMILES string of the molecule is CC/C(C)=C/N=C1\NC(c2ccc(NC(=O)c3cc(CN4CCCC(NC(=O)OC(C)(C)C)C4)ccn3)cc2)=C\C1=C(\C)C(C)C.CCCOCCC. The third kappa shape index (κ3) is 14.9. The minimum Gasteiger partial charge on any atom is -0.444 e. The number of hydrogen-bond acceptors (Lipinski definition) is 7. The fraction of sp³-hybridized carbons (Fsp3) is 0.535. The summed E-state index contributed by atoms with van der Waals surface area (Å²) >= 11 is 0. The van der Waals surface area contributed by atoms with E-state index in [0.29, 0.717) is 23.8 Å². The van der Waals surface area contributed by atoms with E-state index in [2.05, 4.69) is 80.4 Å². The molecule has 0 bridgehead atoms. The number of nitrogens with zero attached hydrogens (tertiary/aromatic N) is 3. The van der Waals surface area contributed by atoms with Gasteiger partial charge in [0.15, 0.2) is 0 Å². The molecule has 2 aliphatic heterocycles. The topological polar surface area (TPSA) is 117 Å². The maximum atomic E-state index is 13.2. The first-order valence-corrected chi connectivity index (χ1v) is 19.3. The standard InChI is InChI=1S/C37H50N6O3.C6H14O/c1-9-25(4)21-39-34-31(26(5)24(2)3)20-32(42-34)28-12-14-29(15-13-28)40-35(44)33-19-27(16-17-38-33)22-43-18-10-11-30(23-43)41-36(45)46-37(6,7)8;1-3-5-7-6-4-2/h12-17,19-21,24,30H,9-11,18,22-23H2,1-8H3,(H,39,42)(H,40,44)(H,41,45);3-6H2,1-2H3/b25-21+,31-26+;. The number of ether oxygens (including phenoxy) is 2. The fourth-order valence-corrected chi connectivity index (χ4v) is 5.64. The van der Waals surface area contributed by atoms with Crippen LogP contribution in [0.3, 0.4) is 0 Å². The Labute approximate surface area is 318 Å². The highest BCUT2D eigenvalue weighted by molar-refractivity contribution is 6.12. The molecule has 3 heterocycles. The van der Waals surface area contributed by atoms with Gasteiger partial charge in [0, 0.05) is 61.7 Å². The van der Waals surface area contributed by atoms with E-state index in [1.807, 2.05) is 63.4 Å². The van der Waals surface area contributed by atoms with Gasteiger partial charge >= 0.3 is 6.09 Å². The number of aliphatic imine (C=N–C) groups is 1. The van der Waals surface area contributed by atoms with Crippen molar-refractivity contribution in [3.63, 3.8) is 0 Å². The number of carbonyl (C=O) groups excluding carboxylic acids is 2.